The molecule has 0 atom stereocenters. The van der Waals surface area contributed by atoms with Crippen LogP contribution in [0.5, 0.6) is 0 Å². The Morgan fingerprint density at radius 2 is 1.72 bits per heavy atom. The van der Waals surface area contributed by atoms with Gasteiger partial charge in [0.2, 0.25) is 0 Å². The van der Waals surface area contributed by atoms with E-state index in [9.17, 15) is 0 Å². The Balaban J connectivity index is 1.36. The Kier molecular flexibility index (Phi) is 6.88. The molecule has 0 radical (unpaired) electrons. The summed E-state index contributed by atoms with van der Waals surface area (Å²) < 4.78 is 2.20. The van der Waals surface area contributed by atoms with Crippen molar-refractivity contribution in [2.45, 2.75) is 36.7 Å². The molecule has 1 aliphatic heterocycles. The molecule has 32 heavy (non-hydrogen) atoms. The molecule has 2 aromatic carbocycles. The van der Waals surface area contributed by atoms with Crippen LogP contribution < -0.4 is 0 Å². The summed E-state index contributed by atoms with van der Waals surface area (Å²) in [5.41, 5.74) is 3.10. The molecule has 5 nitrogen and oxygen atoms in total. The molecule has 1 saturated heterocycles. The van der Waals surface area contributed by atoms with E-state index in [0.717, 1.165) is 63.3 Å². The Morgan fingerprint density at radius 3 is 2.53 bits per heavy atom. The van der Waals surface area contributed by atoms with Crippen LogP contribution in [-0.2, 0) is 12.3 Å². The van der Waals surface area contributed by atoms with E-state index in [0.29, 0.717) is 0 Å². The van der Waals surface area contributed by atoms with Crippen molar-refractivity contribution in [3.63, 3.8) is 0 Å². The SMILES string of the molecule is Clc1ccccc1-c1nc(CSc2nnc(CN3CCCCC3)n2-c2ccccc2)cs1. The summed E-state index contributed by atoms with van der Waals surface area (Å²) in [5, 5.41) is 13.8. The van der Waals surface area contributed by atoms with E-state index in [1.807, 2.05) is 30.3 Å². The lowest BCUT2D eigenvalue weighted by Crippen LogP contribution is -2.30. The van der Waals surface area contributed by atoms with Crippen LogP contribution >= 0.6 is 34.7 Å². The molecular weight excluding hydrogens is 458 g/mol. The van der Waals surface area contributed by atoms with Crippen LogP contribution in [0.1, 0.15) is 30.8 Å². The highest BCUT2D eigenvalue weighted by atomic mass is 35.5. The van der Waals surface area contributed by atoms with Crippen LogP contribution in [0.2, 0.25) is 5.02 Å². The van der Waals surface area contributed by atoms with E-state index >= 15 is 0 Å². The standard InChI is InChI=1S/C24H24ClN5S2/c25-21-12-6-5-11-20(21)23-26-18(16-31-23)17-32-24-28-27-22(15-29-13-7-2-8-14-29)30(24)19-9-3-1-4-10-19/h1,3-6,9-12,16H,2,7-8,13-15,17H2. The molecule has 3 heterocycles. The van der Waals surface area contributed by atoms with Gasteiger partial charge in [-0.05, 0) is 44.1 Å². The second-order valence-electron chi connectivity index (χ2n) is 7.82. The van der Waals surface area contributed by atoms with Crippen LogP contribution in [-0.4, -0.2) is 37.7 Å². The smallest absolute Gasteiger partial charge is 0.196 e. The van der Waals surface area contributed by atoms with Gasteiger partial charge in [-0.2, -0.15) is 0 Å². The molecule has 0 saturated carbocycles. The quantitative estimate of drug-likeness (QED) is 0.289. The largest absolute Gasteiger partial charge is 0.296 e. The molecule has 2 aromatic heterocycles. The number of hydrogen-bond donors (Lipinski definition) is 0. The molecule has 1 fully saturated rings. The Labute approximate surface area is 201 Å². The first-order valence-corrected chi connectivity index (χ1v) is 13.1. The summed E-state index contributed by atoms with van der Waals surface area (Å²) in [4.78, 5) is 7.29. The van der Waals surface area contributed by atoms with Gasteiger partial charge in [0.05, 0.1) is 17.3 Å². The van der Waals surface area contributed by atoms with Crippen molar-refractivity contribution in [1.82, 2.24) is 24.6 Å². The number of rotatable bonds is 7. The minimum absolute atomic E-state index is 0.729. The van der Waals surface area contributed by atoms with Crippen molar-refractivity contribution in [2.24, 2.45) is 0 Å². The number of benzene rings is 2. The van der Waals surface area contributed by atoms with Crippen molar-refractivity contribution < 1.29 is 0 Å². The van der Waals surface area contributed by atoms with Gasteiger partial charge in [-0.3, -0.25) is 9.47 Å². The predicted octanol–water partition coefficient (Wildman–Crippen LogP) is 6.32. The number of nitrogens with zero attached hydrogens (tertiary/aromatic N) is 5. The number of halogens is 1. The van der Waals surface area contributed by atoms with Crippen molar-refractivity contribution in [2.75, 3.05) is 13.1 Å². The van der Waals surface area contributed by atoms with Gasteiger partial charge in [-0.1, -0.05) is 66.2 Å². The van der Waals surface area contributed by atoms with Crippen LogP contribution in [0.3, 0.4) is 0 Å². The van der Waals surface area contributed by atoms with Crippen LogP contribution in [0.4, 0.5) is 0 Å². The summed E-state index contributed by atoms with van der Waals surface area (Å²) in [6.45, 7) is 3.09. The molecule has 0 N–H and O–H groups in total. The van der Waals surface area contributed by atoms with Crippen LogP contribution in [0, 0.1) is 0 Å². The predicted molar refractivity (Wildman–Crippen MR) is 133 cm³/mol. The van der Waals surface area contributed by atoms with Gasteiger partial charge < -0.3 is 0 Å². The lowest BCUT2D eigenvalue weighted by atomic mass is 10.1. The number of thioether (sulfide) groups is 1. The molecule has 164 valence electrons. The highest BCUT2D eigenvalue weighted by Crippen LogP contribution is 2.32. The molecule has 0 amide bonds. The van der Waals surface area contributed by atoms with Crippen molar-refractivity contribution in [3.05, 3.63) is 76.5 Å². The highest BCUT2D eigenvalue weighted by Gasteiger charge is 2.19. The van der Waals surface area contributed by atoms with Crippen molar-refractivity contribution in [3.8, 4) is 16.3 Å². The minimum atomic E-state index is 0.729. The molecule has 0 bridgehead atoms. The summed E-state index contributed by atoms with van der Waals surface area (Å²) in [5.74, 6) is 1.73. The first kappa shape index (κ1) is 21.6. The van der Waals surface area contributed by atoms with E-state index in [1.165, 1.54) is 19.3 Å². The van der Waals surface area contributed by atoms with Gasteiger partial charge in [-0.25, -0.2) is 4.98 Å². The second-order valence-corrected chi connectivity index (χ2v) is 10.0. The third kappa shape index (κ3) is 4.91. The molecule has 0 unspecified atom stereocenters. The lowest BCUT2D eigenvalue weighted by Gasteiger charge is -2.26. The molecule has 4 aromatic rings. The topological polar surface area (TPSA) is 46.8 Å². The summed E-state index contributed by atoms with van der Waals surface area (Å²) >= 11 is 9.64. The summed E-state index contributed by atoms with van der Waals surface area (Å²) in [6, 6.07) is 18.2. The maximum absolute atomic E-state index is 6.35. The normalized spacial score (nSPS) is 14.7. The van der Waals surface area contributed by atoms with E-state index < -0.39 is 0 Å². The third-order valence-corrected chi connectivity index (χ3v) is 7.75. The Hall–Kier alpha value is -2.19. The number of piperidine rings is 1. The summed E-state index contributed by atoms with van der Waals surface area (Å²) in [7, 11) is 0. The minimum Gasteiger partial charge on any atom is -0.296 e. The molecule has 0 aliphatic carbocycles. The van der Waals surface area contributed by atoms with E-state index in [-0.39, 0.29) is 0 Å². The highest BCUT2D eigenvalue weighted by molar-refractivity contribution is 7.98. The van der Waals surface area contributed by atoms with Gasteiger partial charge in [0.25, 0.3) is 0 Å². The first-order valence-electron chi connectivity index (χ1n) is 10.8. The van der Waals surface area contributed by atoms with Gasteiger partial charge >= 0.3 is 0 Å². The number of thiazole rings is 1. The maximum atomic E-state index is 6.35. The molecule has 5 rings (SSSR count). The summed E-state index contributed by atoms with van der Waals surface area (Å²) in [6.07, 6.45) is 3.85. The second kappa shape index (κ2) is 10.2. The van der Waals surface area contributed by atoms with Gasteiger partial charge in [0.1, 0.15) is 5.01 Å². The average Bonchev–Trinajstić information content (AvgIpc) is 3.46. The maximum Gasteiger partial charge on any atom is 0.196 e. The number of likely N-dealkylation sites (tertiary alicyclic amines) is 1. The Bertz CT molecular complexity index is 1170. The fourth-order valence-corrected chi connectivity index (χ4v) is 6.03. The fourth-order valence-electron chi connectivity index (χ4n) is 3.92. The zero-order chi connectivity index (χ0) is 21.8. The molecule has 0 spiro atoms. The van der Waals surface area contributed by atoms with E-state index in [1.54, 1.807) is 23.1 Å². The van der Waals surface area contributed by atoms with Gasteiger partial charge in [0, 0.05) is 22.4 Å². The average molecular weight is 482 g/mol. The van der Waals surface area contributed by atoms with Crippen molar-refractivity contribution in [1.29, 1.82) is 0 Å². The lowest BCUT2D eigenvalue weighted by molar-refractivity contribution is 0.214. The molecule has 1 aliphatic rings. The number of para-hydroxylation sites is 1. The van der Waals surface area contributed by atoms with Gasteiger partial charge in [0.15, 0.2) is 11.0 Å². The Morgan fingerprint density at radius 1 is 0.938 bits per heavy atom. The van der Waals surface area contributed by atoms with Crippen LogP contribution in [0.15, 0.2) is 65.1 Å². The zero-order valence-electron chi connectivity index (χ0n) is 17.7. The van der Waals surface area contributed by atoms with Gasteiger partial charge in [-0.15, -0.1) is 21.5 Å². The number of hydrogen-bond acceptors (Lipinski definition) is 6. The molecule has 8 heteroatoms. The monoisotopic (exact) mass is 481 g/mol. The fraction of sp³-hybridized carbons (Fsp3) is 0.292. The van der Waals surface area contributed by atoms with E-state index in [4.69, 9.17) is 16.6 Å². The van der Waals surface area contributed by atoms with Crippen molar-refractivity contribution >= 4 is 34.7 Å². The third-order valence-electron chi connectivity index (χ3n) is 5.53. The number of aromatic nitrogens is 4. The molecular formula is C24H24ClN5S2. The van der Waals surface area contributed by atoms with E-state index in [2.05, 4.69) is 49.3 Å². The zero-order valence-corrected chi connectivity index (χ0v) is 20.0. The first-order chi connectivity index (χ1) is 15.8. The van der Waals surface area contributed by atoms with Crippen LogP contribution in [0.25, 0.3) is 16.3 Å².